The van der Waals surface area contributed by atoms with Gasteiger partial charge in [0.05, 0.1) is 0 Å². The number of hydrogen-bond acceptors (Lipinski definition) is 2. The number of benzene rings is 1. The second-order valence-electron chi connectivity index (χ2n) is 6.25. The predicted octanol–water partition coefficient (Wildman–Crippen LogP) is 2.85. The minimum Gasteiger partial charge on any atom is -0.352 e. The molecule has 1 aliphatic carbocycles. The Kier molecular flexibility index (Phi) is 7.52. The molecule has 0 aliphatic heterocycles. The van der Waals surface area contributed by atoms with Crippen molar-refractivity contribution in [3.63, 3.8) is 0 Å². The van der Waals surface area contributed by atoms with Crippen molar-refractivity contribution >= 4 is 11.9 Å². The van der Waals surface area contributed by atoms with Gasteiger partial charge in [-0.05, 0) is 37.0 Å². The van der Waals surface area contributed by atoms with Gasteiger partial charge in [-0.2, -0.15) is 0 Å². The van der Waals surface area contributed by atoms with E-state index in [1.54, 1.807) is 12.1 Å². The summed E-state index contributed by atoms with van der Waals surface area (Å²) in [7, 11) is 0. The van der Waals surface area contributed by atoms with Crippen LogP contribution >= 0.6 is 0 Å². The first-order valence-corrected chi connectivity index (χ1v) is 8.69. The molecule has 0 bridgehead atoms. The van der Waals surface area contributed by atoms with E-state index in [2.05, 4.69) is 16.0 Å². The molecule has 5 nitrogen and oxygen atoms in total. The second-order valence-corrected chi connectivity index (χ2v) is 6.25. The molecule has 0 aromatic heterocycles. The Hall–Kier alpha value is -2.11. The summed E-state index contributed by atoms with van der Waals surface area (Å²) >= 11 is 0. The van der Waals surface area contributed by atoms with E-state index in [1.807, 2.05) is 0 Å². The lowest BCUT2D eigenvalue weighted by Gasteiger charge is -2.22. The molecule has 0 heterocycles. The number of nitrogens with one attached hydrogen (secondary N) is 3. The van der Waals surface area contributed by atoms with Crippen molar-refractivity contribution in [2.45, 2.75) is 57.5 Å². The summed E-state index contributed by atoms with van der Waals surface area (Å²) in [5.74, 6) is -0.413. The Morgan fingerprint density at radius 2 is 1.92 bits per heavy atom. The maximum Gasteiger partial charge on any atom is 0.315 e. The van der Waals surface area contributed by atoms with Crippen LogP contribution in [0.15, 0.2) is 24.3 Å². The molecule has 1 aromatic rings. The highest BCUT2D eigenvalue weighted by atomic mass is 19.1. The van der Waals surface area contributed by atoms with Crippen LogP contribution in [-0.4, -0.2) is 24.5 Å². The summed E-state index contributed by atoms with van der Waals surface area (Å²) in [6, 6.07) is 6.29. The molecule has 0 unspecified atom stereocenters. The molecule has 1 saturated carbocycles. The van der Waals surface area contributed by atoms with Gasteiger partial charge in [0, 0.05) is 25.6 Å². The third-order valence-corrected chi connectivity index (χ3v) is 4.19. The van der Waals surface area contributed by atoms with Crippen molar-refractivity contribution in [3.8, 4) is 0 Å². The number of carbonyl (C=O) groups excluding carboxylic acids is 2. The zero-order valence-corrected chi connectivity index (χ0v) is 13.9. The topological polar surface area (TPSA) is 70.2 Å². The molecule has 0 radical (unpaired) electrons. The Balaban J connectivity index is 1.53. The van der Waals surface area contributed by atoms with Crippen LogP contribution in [0.1, 0.15) is 50.5 Å². The molecule has 3 N–H and O–H groups in total. The maximum atomic E-state index is 13.0. The van der Waals surface area contributed by atoms with Gasteiger partial charge in [-0.15, -0.1) is 0 Å². The normalized spacial score (nSPS) is 14.9. The smallest absolute Gasteiger partial charge is 0.315 e. The van der Waals surface area contributed by atoms with Gasteiger partial charge in [0.2, 0.25) is 5.91 Å². The van der Waals surface area contributed by atoms with Gasteiger partial charge in [0.25, 0.3) is 0 Å². The van der Waals surface area contributed by atoms with Crippen LogP contribution in [0.4, 0.5) is 9.18 Å². The third kappa shape index (κ3) is 6.98. The molecule has 0 spiro atoms. The van der Waals surface area contributed by atoms with Crippen molar-refractivity contribution in [3.05, 3.63) is 35.6 Å². The van der Waals surface area contributed by atoms with E-state index in [-0.39, 0.29) is 23.8 Å². The fourth-order valence-electron chi connectivity index (χ4n) is 2.87. The molecule has 2 rings (SSSR count). The molecule has 1 aromatic carbocycles. The third-order valence-electron chi connectivity index (χ3n) is 4.19. The highest BCUT2D eigenvalue weighted by molar-refractivity contribution is 5.76. The lowest BCUT2D eigenvalue weighted by Crippen LogP contribution is -2.43. The maximum absolute atomic E-state index is 13.0. The SMILES string of the molecule is O=C(CCCNC(=O)NC1CCCCC1)NCc1cccc(F)c1. The van der Waals surface area contributed by atoms with Crippen LogP contribution in [0.3, 0.4) is 0 Å². The summed E-state index contributed by atoms with van der Waals surface area (Å²) in [5.41, 5.74) is 0.730. The highest BCUT2D eigenvalue weighted by Gasteiger charge is 2.15. The lowest BCUT2D eigenvalue weighted by atomic mass is 9.96. The Morgan fingerprint density at radius 3 is 2.67 bits per heavy atom. The van der Waals surface area contributed by atoms with Gasteiger partial charge in [-0.1, -0.05) is 31.4 Å². The molecular weight excluding hydrogens is 309 g/mol. The number of urea groups is 1. The van der Waals surface area contributed by atoms with Crippen molar-refractivity contribution in [1.29, 1.82) is 0 Å². The molecular formula is C18H26FN3O2. The van der Waals surface area contributed by atoms with Crippen molar-refractivity contribution in [2.75, 3.05) is 6.54 Å². The van der Waals surface area contributed by atoms with Crippen LogP contribution in [-0.2, 0) is 11.3 Å². The van der Waals surface area contributed by atoms with Crippen LogP contribution in [0.5, 0.6) is 0 Å². The zero-order chi connectivity index (χ0) is 17.2. The van der Waals surface area contributed by atoms with Crippen LogP contribution < -0.4 is 16.0 Å². The quantitative estimate of drug-likeness (QED) is 0.671. The first-order chi connectivity index (χ1) is 11.6. The monoisotopic (exact) mass is 335 g/mol. The van der Waals surface area contributed by atoms with Crippen molar-refractivity contribution in [2.24, 2.45) is 0 Å². The van der Waals surface area contributed by atoms with E-state index in [9.17, 15) is 14.0 Å². The molecule has 132 valence electrons. The highest BCUT2D eigenvalue weighted by Crippen LogP contribution is 2.17. The average Bonchev–Trinajstić information content (AvgIpc) is 2.58. The molecule has 1 fully saturated rings. The standard InChI is InChI=1S/C18H26FN3O2/c19-15-7-4-6-14(12-15)13-21-17(23)10-5-11-20-18(24)22-16-8-2-1-3-9-16/h4,6-7,12,16H,1-3,5,8-11,13H2,(H,21,23)(H2,20,22,24). The van der Waals surface area contributed by atoms with E-state index < -0.39 is 0 Å². The molecule has 0 saturated heterocycles. The predicted molar refractivity (Wildman–Crippen MR) is 90.9 cm³/mol. The van der Waals surface area contributed by atoms with Gasteiger partial charge in [-0.25, -0.2) is 9.18 Å². The zero-order valence-electron chi connectivity index (χ0n) is 13.9. The fraction of sp³-hybridized carbons (Fsp3) is 0.556. The fourth-order valence-corrected chi connectivity index (χ4v) is 2.87. The molecule has 1 aliphatic rings. The number of carbonyl (C=O) groups is 2. The molecule has 3 amide bonds. The van der Waals surface area contributed by atoms with Crippen LogP contribution in [0, 0.1) is 5.82 Å². The summed E-state index contributed by atoms with van der Waals surface area (Å²) in [5, 5.41) is 8.51. The largest absolute Gasteiger partial charge is 0.352 e. The van der Waals surface area contributed by atoms with Gasteiger partial charge in [-0.3, -0.25) is 4.79 Å². The van der Waals surface area contributed by atoms with E-state index >= 15 is 0 Å². The van der Waals surface area contributed by atoms with Gasteiger partial charge in [0.1, 0.15) is 5.82 Å². The minimum atomic E-state index is -0.310. The summed E-state index contributed by atoms with van der Waals surface area (Å²) < 4.78 is 13.0. The Labute approximate surface area is 142 Å². The minimum absolute atomic E-state index is 0.103. The van der Waals surface area contributed by atoms with Crippen molar-refractivity contribution in [1.82, 2.24) is 16.0 Å². The first kappa shape index (κ1) is 18.2. The lowest BCUT2D eigenvalue weighted by molar-refractivity contribution is -0.121. The molecule has 6 heteroatoms. The number of rotatable bonds is 7. The van der Waals surface area contributed by atoms with Gasteiger partial charge < -0.3 is 16.0 Å². The molecule has 24 heavy (non-hydrogen) atoms. The summed E-state index contributed by atoms with van der Waals surface area (Å²) in [6.45, 7) is 0.776. The van der Waals surface area contributed by atoms with Gasteiger partial charge >= 0.3 is 6.03 Å². The second kappa shape index (κ2) is 9.90. The van der Waals surface area contributed by atoms with E-state index in [0.29, 0.717) is 25.9 Å². The van der Waals surface area contributed by atoms with E-state index in [0.717, 1.165) is 18.4 Å². The van der Waals surface area contributed by atoms with Crippen LogP contribution in [0.2, 0.25) is 0 Å². The Morgan fingerprint density at radius 1 is 1.12 bits per heavy atom. The summed E-state index contributed by atoms with van der Waals surface area (Å²) in [4.78, 5) is 23.5. The summed E-state index contributed by atoms with van der Waals surface area (Å²) in [6.07, 6.45) is 6.62. The molecule has 0 atom stereocenters. The van der Waals surface area contributed by atoms with Crippen LogP contribution in [0.25, 0.3) is 0 Å². The Bertz CT molecular complexity index is 545. The van der Waals surface area contributed by atoms with E-state index in [1.165, 1.54) is 31.4 Å². The number of halogens is 1. The average molecular weight is 335 g/mol. The van der Waals surface area contributed by atoms with Gasteiger partial charge in [0.15, 0.2) is 0 Å². The number of hydrogen-bond donors (Lipinski definition) is 3. The number of amides is 3. The first-order valence-electron chi connectivity index (χ1n) is 8.69. The van der Waals surface area contributed by atoms with Crippen molar-refractivity contribution < 1.29 is 14.0 Å². The van der Waals surface area contributed by atoms with E-state index in [4.69, 9.17) is 0 Å².